The monoisotopic (exact) mass is 356 g/mol. The summed E-state index contributed by atoms with van der Waals surface area (Å²) in [6, 6.07) is -0.0458. The van der Waals surface area contributed by atoms with Gasteiger partial charge in [0.05, 0.1) is 6.04 Å². The van der Waals surface area contributed by atoms with E-state index in [1.165, 1.54) is 6.92 Å². The van der Waals surface area contributed by atoms with Crippen LogP contribution in [0.5, 0.6) is 0 Å². The van der Waals surface area contributed by atoms with Gasteiger partial charge in [0.25, 0.3) is 0 Å². The molecular formula is C10H16N2O6S3. The summed E-state index contributed by atoms with van der Waals surface area (Å²) < 4.78 is 47.0. The van der Waals surface area contributed by atoms with E-state index in [-0.39, 0.29) is 14.0 Å². The Kier molecular flexibility index (Phi) is 3.98. The maximum absolute atomic E-state index is 12.3. The lowest BCUT2D eigenvalue weighted by molar-refractivity contribution is -0.185. The standard InChI is InChI=1S/C10H16N2O6S3/c1-3-12-8-6-4-7(21(11,17)18)19-9(6)20(15,16)5(2)10(8,13)14/h4-5,8,12-14H,3H2,1-2H3,(H2,11,17,18). The van der Waals surface area contributed by atoms with Crippen LogP contribution < -0.4 is 10.5 Å². The maximum atomic E-state index is 12.3. The molecule has 1 aromatic heterocycles. The second-order valence-electron chi connectivity index (χ2n) is 4.81. The summed E-state index contributed by atoms with van der Waals surface area (Å²) >= 11 is 0.520. The van der Waals surface area contributed by atoms with Gasteiger partial charge in [0.15, 0.2) is 15.6 Å². The minimum absolute atomic E-state index is 0.00831. The van der Waals surface area contributed by atoms with Gasteiger partial charge in [-0.25, -0.2) is 22.0 Å². The molecule has 1 aromatic rings. The van der Waals surface area contributed by atoms with Gasteiger partial charge in [0, 0.05) is 5.56 Å². The molecule has 1 aliphatic rings. The molecule has 2 unspecified atom stereocenters. The zero-order valence-corrected chi connectivity index (χ0v) is 13.7. The molecule has 0 aliphatic carbocycles. The van der Waals surface area contributed by atoms with Gasteiger partial charge in [-0.05, 0) is 19.5 Å². The van der Waals surface area contributed by atoms with Crippen LogP contribution in [0.4, 0.5) is 0 Å². The molecular weight excluding hydrogens is 340 g/mol. The maximum Gasteiger partial charge on any atom is 0.247 e. The second kappa shape index (κ2) is 4.98. The number of sulfonamides is 1. The molecule has 0 radical (unpaired) electrons. The summed E-state index contributed by atoms with van der Waals surface area (Å²) in [6.07, 6.45) is 0. The topological polar surface area (TPSA) is 147 Å². The first-order chi connectivity index (χ1) is 9.44. The number of hydrogen-bond donors (Lipinski definition) is 4. The number of thiophene rings is 1. The van der Waals surface area contributed by atoms with Crippen LogP contribution in [0.25, 0.3) is 0 Å². The number of nitrogens with one attached hydrogen (secondary N) is 1. The highest BCUT2D eigenvalue weighted by Crippen LogP contribution is 2.46. The lowest BCUT2D eigenvalue weighted by Crippen LogP contribution is -2.56. The van der Waals surface area contributed by atoms with Crippen molar-refractivity contribution in [3.05, 3.63) is 11.6 Å². The van der Waals surface area contributed by atoms with E-state index in [2.05, 4.69) is 5.32 Å². The first-order valence-corrected chi connectivity index (χ1v) is 9.93. The van der Waals surface area contributed by atoms with Gasteiger partial charge in [-0.15, -0.1) is 11.3 Å². The lowest BCUT2D eigenvalue weighted by Gasteiger charge is -2.39. The van der Waals surface area contributed by atoms with E-state index in [0.29, 0.717) is 17.9 Å². The number of fused-ring (bicyclic) bond motifs is 1. The number of rotatable bonds is 3. The molecule has 0 spiro atoms. The zero-order chi connectivity index (χ0) is 16.2. The molecule has 11 heteroatoms. The van der Waals surface area contributed by atoms with Crippen molar-refractivity contribution in [3.63, 3.8) is 0 Å². The minimum Gasteiger partial charge on any atom is -0.363 e. The fraction of sp³-hybridized carbons (Fsp3) is 0.600. The molecule has 120 valence electrons. The molecule has 0 fully saturated rings. The minimum atomic E-state index is -4.08. The molecule has 5 N–H and O–H groups in total. The summed E-state index contributed by atoms with van der Waals surface area (Å²) in [5, 5.41) is 26.6. The Morgan fingerprint density at radius 1 is 1.48 bits per heavy atom. The third-order valence-electron chi connectivity index (χ3n) is 3.45. The second-order valence-corrected chi connectivity index (χ2v) is 10.1. The Labute approximate surface area is 126 Å². The number of nitrogens with two attached hydrogens (primary N) is 1. The molecule has 0 bridgehead atoms. The molecule has 0 saturated heterocycles. The van der Waals surface area contributed by atoms with Gasteiger partial charge in [-0.1, -0.05) is 6.92 Å². The van der Waals surface area contributed by atoms with Crippen molar-refractivity contribution in [2.24, 2.45) is 5.14 Å². The van der Waals surface area contributed by atoms with Gasteiger partial charge >= 0.3 is 0 Å². The molecule has 2 rings (SSSR count). The first kappa shape index (κ1) is 16.8. The van der Waals surface area contributed by atoms with E-state index in [1.54, 1.807) is 6.92 Å². The van der Waals surface area contributed by atoms with Crippen molar-refractivity contribution in [2.75, 3.05) is 6.54 Å². The average molecular weight is 356 g/mol. The van der Waals surface area contributed by atoms with Gasteiger partial charge in [0.1, 0.15) is 13.7 Å². The number of sulfone groups is 1. The first-order valence-electron chi connectivity index (χ1n) is 6.02. The fourth-order valence-electron chi connectivity index (χ4n) is 2.25. The highest BCUT2D eigenvalue weighted by atomic mass is 32.3. The Balaban J connectivity index is 2.78. The quantitative estimate of drug-likeness (QED) is 0.503. The van der Waals surface area contributed by atoms with Gasteiger partial charge in [-0.3, -0.25) is 0 Å². The zero-order valence-electron chi connectivity index (χ0n) is 11.3. The van der Waals surface area contributed by atoms with E-state index in [0.717, 1.165) is 6.07 Å². The Morgan fingerprint density at radius 2 is 2.05 bits per heavy atom. The van der Waals surface area contributed by atoms with Crippen LogP contribution in [0.15, 0.2) is 14.5 Å². The average Bonchev–Trinajstić information content (AvgIpc) is 2.78. The van der Waals surface area contributed by atoms with Crippen molar-refractivity contribution in [3.8, 4) is 0 Å². The number of aliphatic hydroxyl groups is 2. The number of likely N-dealkylation sites (N-methyl/N-ethyl adjacent to an activating group) is 1. The predicted molar refractivity (Wildman–Crippen MR) is 75.9 cm³/mol. The van der Waals surface area contributed by atoms with Crippen LogP contribution in [0.1, 0.15) is 25.5 Å². The molecule has 2 atom stereocenters. The van der Waals surface area contributed by atoms with Gasteiger partial charge in [0.2, 0.25) is 10.0 Å². The molecule has 8 nitrogen and oxygen atoms in total. The van der Waals surface area contributed by atoms with Crippen LogP contribution in [0.2, 0.25) is 0 Å². The van der Waals surface area contributed by atoms with Crippen LogP contribution in [-0.2, 0) is 19.9 Å². The third-order valence-corrected chi connectivity index (χ3v) is 8.79. The Hall–Kier alpha value is -0.560. The van der Waals surface area contributed by atoms with E-state index >= 15 is 0 Å². The van der Waals surface area contributed by atoms with E-state index in [1.807, 2.05) is 0 Å². The molecule has 0 amide bonds. The van der Waals surface area contributed by atoms with Crippen LogP contribution in [0.3, 0.4) is 0 Å². The third kappa shape index (κ3) is 2.52. The van der Waals surface area contributed by atoms with Crippen molar-refractivity contribution in [1.29, 1.82) is 0 Å². The van der Waals surface area contributed by atoms with Crippen LogP contribution >= 0.6 is 11.3 Å². The SMILES string of the molecule is CCNC1c2cc(S(N)(=O)=O)sc2S(=O)(=O)C(C)C1(O)O. The largest absolute Gasteiger partial charge is 0.363 e. The highest BCUT2D eigenvalue weighted by molar-refractivity contribution is 7.95. The van der Waals surface area contributed by atoms with Crippen LogP contribution in [0, 0.1) is 0 Å². The van der Waals surface area contributed by atoms with Crippen LogP contribution in [-0.4, -0.2) is 44.6 Å². The number of primary sulfonamides is 1. The molecule has 0 saturated carbocycles. The normalized spacial score (nSPS) is 27.3. The lowest BCUT2D eigenvalue weighted by atomic mass is 9.97. The highest BCUT2D eigenvalue weighted by Gasteiger charge is 2.54. The van der Waals surface area contributed by atoms with Crippen molar-refractivity contribution in [2.45, 2.75) is 39.3 Å². The molecule has 21 heavy (non-hydrogen) atoms. The Bertz CT molecular complexity index is 765. The van der Waals surface area contributed by atoms with E-state index in [9.17, 15) is 27.0 Å². The van der Waals surface area contributed by atoms with Crippen molar-refractivity contribution < 1.29 is 27.0 Å². The summed E-state index contributed by atoms with van der Waals surface area (Å²) in [4.78, 5) is 0. The van der Waals surface area contributed by atoms with Gasteiger partial charge in [-0.2, -0.15) is 0 Å². The van der Waals surface area contributed by atoms with E-state index < -0.39 is 36.9 Å². The summed E-state index contributed by atoms with van der Waals surface area (Å²) in [5.74, 6) is -2.56. The molecule has 2 heterocycles. The van der Waals surface area contributed by atoms with E-state index in [4.69, 9.17) is 5.14 Å². The van der Waals surface area contributed by atoms with Crippen molar-refractivity contribution >= 4 is 31.2 Å². The molecule has 0 aromatic carbocycles. The summed E-state index contributed by atoms with van der Waals surface area (Å²) in [6.45, 7) is 3.20. The predicted octanol–water partition coefficient (Wildman–Crippen LogP) is -1.10. The Morgan fingerprint density at radius 3 is 2.52 bits per heavy atom. The number of hydrogen-bond acceptors (Lipinski definition) is 8. The summed E-state index contributed by atoms with van der Waals surface area (Å²) in [7, 11) is -8.14. The van der Waals surface area contributed by atoms with Crippen molar-refractivity contribution in [1.82, 2.24) is 5.32 Å². The fourth-order valence-corrected chi connectivity index (χ4v) is 6.66. The molecule has 1 aliphatic heterocycles. The smallest absolute Gasteiger partial charge is 0.247 e. The van der Waals surface area contributed by atoms with Gasteiger partial charge < -0.3 is 15.5 Å². The summed E-state index contributed by atoms with van der Waals surface area (Å²) in [5.41, 5.74) is 0.00831.